The van der Waals surface area contributed by atoms with Crippen LogP contribution in [-0.2, 0) is 13.1 Å². The second kappa shape index (κ2) is 10.5. The van der Waals surface area contributed by atoms with E-state index in [4.69, 9.17) is 0 Å². The van der Waals surface area contributed by atoms with Gasteiger partial charge in [0.2, 0.25) is 0 Å². The summed E-state index contributed by atoms with van der Waals surface area (Å²) in [5, 5.41) is 10.2. The van der Waals surface area contributed by atoms with Crippen LogP contribution in [0.25, 0.3) is 65.3 Å². The lowest BCUT2D eigenvalue weighted by atomic mass is 9.91. The average molecular weight is 591 g/mol. The van der Waals surface area contributed by atoms with Crippen molar-refractivity contribution in [2.24, 2.45) is 0 Å². The van der Waals surface area contributed by atoms with Crippen LogP contribution in [0.1, 0.15) is 11.1 Å². The smallest absolute Gasteiger partial charge is 0.0526 e. The van der Waals surface area contributed by atoms with Crippen molar-refractivity contribution in [2.75, 3.05) is 23.9 Å². The molecular formula is C44H34N2. The van der Waals surface area contributed by atoms with E-state index in [0.717, 1.165) is 13.1 Å². The van der Waals surface area contributed by atoms with Crippen molar-refractivity contribution in [3.63, 3.8) is 0 Å². The van der Waals surface area contributed by atoms with Crippen LogP contribution < -0.4 is 9.80 Å². The van der Waals surface area contributed by atoms with E-state index >= 15 is 0 Å². The quantitative estimate of drug-likeness (QED) is 0.173. The van der Waals surface area contributed by atoms with E-state index in [-0.39, 0.29) is 0 Å². The van der Waals surface area contributed by atoms with Crippen molar-refractivity contribution in [3.05, 3.63) is 157 Å². The van der Waals surface area contributed by atoms with Crippen molar-refractivity contribution in [1.29, 1.82) is 0 Å². The van der Waals surface area contributed by atoms with Gasteiger partial charge < -0.3 is 9.80 Å². The molecule has 0 atom stereocenters. The molecule has 0 aliphatic carbocycles. The topological polar surface area (TPSA) is 6.48 Å². The highest BCUT2D eigenvalue weighted by Crippen LogP contribution is 2.43. The van der Waals surface area contributed by atoms with Crippen LogP contribution in [0.15, 0.2) is 146 Å². The number of hydrogen-bond donors (Lipinski definition) is 0. The Morgan fingerprint density at radius 2 is 0.739 bits per heavy atom. The van der Waals surface area contributed by atoms with Gasteiger partial charge in [-0.15, -0.1) is 0 Å². The summed E-state index contributed by atoms with van der Waals surface area (Å²) in [7, 11) is 4.52. The Balaban J connectivity index is 1.40. The lowest BCUT2D eigenvalue weighted by Gasteiger charge is -2.29. The van der Waals surface area contributed by atoms with E-state index in [0.29, 0.717) is 0 Å². The van der Waals surface area contributed by atoms with Crippen LogP contribution in [0, 0.1) is 0 Å². The third-order valence-electron chi connectivity index (χ3n) is 9.90. The van der Waals surface area contributed by atoms with Crippen LogP contribution in [-0.4, -0.2) is 14.1 Å². The van der Waals surface area contributed by atoms with Crippen molar-refractivity contribution in [2.45, 2.75) is 13.1 Å². The van der Waals surface area contributed by atoms with Gasteiger partial charge >= 0.3 is 0 Å². The second-order valence-electron chi connectivity index (χ2n) is 12.8. The summed E-state index contributed by atoms with van der Waals surface area (Å²) in [6.45, 7) is 1.57. The van der Waals surface area contributed by atoms with Crippen molar-refractivity contribution in [3.8, 4) is 22.3 Å². The summed E-state index contributed by atoms with van der Waals surface area (Å²) in [6, 6.07) is 54.2. The molecule has 2 nitrogen and oxygen atoms in total. The highest BCUT2D eigenvalue weighted by molar-refractivity contribution is 6.06. The Hall–Kier alpha value is -5.60. The molecule has 0 amide bonds. The van der Waals surface area contributed by atoms with Crippen molar-refractivity contribution < 1.29 is 0 Å². The molecule has 9 rings (SSSR count). The fraction of sp³-hybridized carbons (Fsp3) is 0.0909. The summed E-state index contributed by atoms with van der Waals surface area (Å²) in [5.74, 6) is 0. The van der Waals surface area contributed by atoms with E-state index in [9.17, 15) is 0 Å². The van der Waals surface area contributed by atoms with Crippen LogP contribution in [0.2, 0.25) is 0 Å². The van der Waals surface area contributed by atoms with Crippen LogP contribution in [0.4, 0.5) is 11.4 Å². The molecule has 1 aliphatic heterocycles. The van der Waals surface area contributed by atoms with E-state index < -0.39 is 0 Å². The van der Waals surface area contributed by atoms with Gasteiger partial charge in [0.1, 0.15) is 0 Å². The van der Waals surface area contributed by atoms with E-state index in [1.165, 1.54) is 87.8 Å². The minimum atomic E-state index is 0.786. The van der Waals surface area contributed by atoms with Gasteiger partial charge in [-0.3, -0.25) is 0 Å². The molecule has 0 saturated heterocycles. The van der Waals surface area contributed by atoms with Crippen molar-refractivity contribution in [1.82, 2.24) is 0 Å². The summed E-state index contributed by atoms with van der Waals surface area (Å²) < 4.78 is 0. The standard InChI is InChI=1S/C44H34N2/c1-45-27-35-25-34(24-31-13-5-7-15-37(31)35)42-22-20-30-12-4-10-18-40(30)44(42)46(2)28-36-26-33(23-32-14-6-8-16-38(32)36)41-21-19-29-11-3-9-17-39(29)43(41)45/h3-26H,27-28H2,1-2H3. The van der Waals surface area contributed by atoms with Gasteiger partial charge in [-0.05, 0) is 78.8 Å². The number of anilines is 2. The Bertz CT molecular complexity index is 2300. The average Bonchev–Trinajstić information content (AvgIpc) is 3.10. The second-order valence-corrected chi connectivity index (χ2v) is 12.8. The van der Waals surface area contributed by atoms with Crippen LogP contribution in [0.5, 0.6) is 0 Å². The number of rotatable bonds is 0. The monoisotopic (exact) mass is 590 g/mol. The molecule has 0 radical (unpaired) electrons. The SMILES string of the molecule is CN1Cc2cc(cc3ccccc23)-c2ccc3ccccc3c2N(C)Cc2cc(cc3ccccc23)-c2ccc3ccccc3c21. The van der Waals surface area contributed by atoms with Gasteiger partial charge in [0, 0.05) is 49.1 Å². The molecule has 0 fully saturated rings. The first-order chi connectivity index (χ1) is 22.6. The number of hydrogen-bond acceptors (Lipinski definition) is 2. The summed E-state index contributed by atoms with van der Waals surface area (Å²) in [5.41, 5.74) is 10.2. The molecule has 2 heteroatoms. The maximum absolute atomic E-state index is 2.47. The number of nitrogens with zero attached hydrogens (tertiary/aromatic N) is 2. The van der Waals surface area contributed by atoms with Gasteiger partial charge in [0.25, 0.3) is 0 Å². The predicted molar refractivity (Wildman–Crippen MR) is 198 cm³/mol. The molecule has 0 saturated carbocycles. The molecule has 0 aromatic heterocycles. The largest absolute Gasteiger partial charge is 0.369 e. The molecule has 0 spiro atoms. The fourth-order valence-corrected chi connectivity index (χ4v) is 7.82. The molecule has 1 heterocycles. The molecule has 1 aliphatic rings. The molecule has 46 heavy (non-hydrogen) atoms. The van der Waals surface area contributed by atoms with E-state index in [1.807, 2.05) is 0 Å². The summed E-state index contributed by atoms with van der Waals surface area (Å²) >= 11 is 0. The fourth-order valence-electron chi connectivity index (χ4n) is 7.82. The van der Waals surface area contributed by atoms with Crippen LogP contribution >= 0.6 is 0 Å². The zero-order valence-electron chi connectivity index (χ0n) is 26.2. The minimum absolute atomic E-state index is 0.786. The maximum Gasteiger partial charge on any atom is 0.0526 e. The zero-order chi connectivity index (χ0) is 30.8. The first-order valence-electron chi connectivity index (χ1n) is 16.1. The molecule has 4 bridgehead atoms. The van der Waals surface area contributed by atoms with Gasteiger partial charge in [-0.25, -0.2) is 0 Å². The number of benzene rings is 8. The lowest BCUT2D eigenvalue weighted by molar-refractivity contribution is 0.931. The van der Waals surface area contributed by atoms with Gasteiger partial charge in [0.15, 0.2) is 0 Å². The highest BCUT2D eigenvalue weighted by Gasteiger charge is 2.21. The number of fused-ring (bicyclic) bond motifs is 16. The molecule has 0 N–H and O–H groups in total. The van der Waals surface area contributed by atoms with Gasteiger partial charge in [-0.1, -0.05) is 121 Å². The first kappa shape index (κ1) is 26.8. The lowest BCUT2D eigenvalue weighted by Crippen LogP contribution is -2.20. The normalized spacial score (nSPS) is 13.2. The molecule has 8 aromatic carbocycles. The first-order valence-corrected chi connectivity index (χ1v) is 16.1. The summed E-state index contributed by atoms with van der Waals surface area (Å²) in [4.78, 5) is 4.94. The Morgan fingerprint density at radius 1 is 0.370 bits per heavy atom. The van der Waals surface area contributed by atoms with Crippen molar-refractivity contribution >= 4 is 54.5 Å². The van der Waals surface area contributed by atoms with Gasteiger partial charge in [-0.2, -0.15) is 0 Å². The Morgan fingerprint density at radius 3 is 1.17 bits per heavy atom. The molecule has 0 unspecified atom stereocenters. The predicted octanol–water partition coefficient (Wildman–Crippen LogP) is 11.2. The molecular weight excluding hydrogens is 556 g/mol. The Labute approximate surface area is 269 Å². The maximum atomic E-state index is 2.47. The third kappa shape index (κ3) is 4.25. The van der Waals surface area contributed by atoms with E-state index in [1.54, 1.807) is 0 Å². The minimum Gasteiger partial charge on any atom is -0.369 e. The third-order valence-corrected chi connectivity index (χ3v) is 9.90. The zero-order valence-corrected chi connectivity index (χ0v) is 26.2. The molecule has 8 aromatic rings. The van der Waals surface area contributed by atoms with Gasteiger partial charge in [0.05, 0.1) is 11.4 Å². The highest BCUT2D eigenvalue weighted by atomic mass is 15.1. The summed E-state index contributed by atoms with van der Waals surface area (Å²) in [6.07, 6.45) is 0. The Kier molecular flexibility index (Phi) is 6.11. The molecule has 220 valence electrons. The van der Waals surface area contributed by atoms with Crippen LogP contribution in [0.3, 0.4) is 0 Å². The van der Waals surface area contributed by atoms with E-state index in [2.05, 4.69) is 169 Å².